The van der Waals surface area contributed by atoms with Gasteiger partial charge in [0.15, 0.2) is 0 Å². The maximum Gasteiger partial charge on any atom is 0.389 e. The zero-order chi connectivity index (χ0) is 15.2. The first-order valence-electron chi connectivity index (χ1n) is 6.21. The second-order valence-corrected chi connectivity index (χ2v) is 4.44. The predicted octanol–water partition coefficient (Wildman–Crippen LogP) is 1.80. The van der Waals surface area contributed by atoms with Gasteiger partial charge in [-0.3, -0.25) is 4.79 Å². The molecule has 0 spiro atoms. The molecule has 20 heavy (non-hydrogen) atoms. The number of allylic oxidation sites excluding steroid dienone is 3. The van der Waals surface area contributed by atoms with E-state index in [1.165, 1.54) is 11.1 Å². The first-order valence-corrected chi connectivity index (χ1v) is 6.21. The van der Waals surface area contributed by atoms with Crippen molar-refractivity contribution in [1.82, 2.24) is 4.90 Å². The molecule has 7 heteroatoms. The molecule has 4 nitrogen and oxygen atoms in total. The minimum absolute atomic E-state index is 0.285. The molecule has 4 N–H and O–H groups in total. The summed E-state index contributed by atoms with van der Waals surface area (Å²) in [4.78, 5) is 13.0. The second-order valence-electron chi connectivity index (χ2n) is 4.44. The van der Waals surface area contributed by atoms with E-state index in [0.717, 1.165) is 5.57 Å². The van der Waals surface area contributed by atoms with Gasteiger partial charge in [0.05, 0.1) is 6.42 Å². The van der Waals surface area contributed by atoms with Crippen LogP contribution in [0.5, 0.6) is 0 Å². The highest BCUT2D eigenvalue weighted by atomic mass is 19.4. The van der Waals surface area contributed by atoms with E-state index in [4.69, 9.17) is 11.5 Å². The Balaban J connectivity index is 2.52. The molecule has 0 unspecified atom stereocenters. The average molecular weight is 289 g/mol. The number of hydrogen-bond donors (Lipinski definition) is 2. The van der Waals surface area contributed by atoms with Crippen LogP contribution in [0.4, 0.5) is 13.2 Å². The summed E-state index contributed by atoms with van der Waals surface area (Å²) in [6.45, 7) is 0.663. The first-order chi connectivity index (χ1) is 9.33. The van der Waals surface area contributed by atoms with Crippen LogP contribution in [0, 0.1) is 0 Å². The van der Waals surface area contributed by atoms with E-state index in [-0.39, 0.29) is 6.54 Å². The fourth-order valence-corrected chi connectivity index (χ4v) is 1.83. The Labute approximate surface area is 115 Å². The molecule has 0 radical (unpaired) electrons. The molecular formula is C13H18F3N3O. The second kappa shape index (κ2) is 7.02. The Morgan fingerprint density at radius 1 is 1.45 bits per heavy atom. The van der Waals surface area contributed by atoms with Gasteiger partial charge in [-0.15, -0.1) is 0 Å². The molecule has 1 heterocycles. The van der Waals surface area contributed by atoms with Gasteiger partial charge < -0.3 is 16.4 Å². The lowest BCUT2D eigenvalue weighted by Crippen LogP contribution is -2.35. The molecule has 0 saturated heterocycles. The van der Waals surface area contributed by atoms with Gasteiger partial charge in [-0.05, 0) is 30.3 Å². The molecule has 0 aromatic heterocycles. The van der Waals surface area contributed by atoms with E-state index in [9.17, 15) is 18.0 Å². The SMILES string of the molecule is N/C=C\C=C(/N)C1=CCN(C(=O)CCC(F)(F)F)CC1. The Morgan fingerprint density at radius 2 is 2.15 bits per heavy atom. The van der Waals surface area contributed by atoms with E-state index in [1.807, 2.05) is 0 Å². The van der Waals surface area contributed by atoms with Gasteiger partial charge in [0.1, 0.15) is 0 Å². The zero-order valence-electron chi connectivity index (χ0n) is 11.0. The van der Waals surface area contributed by atoms with Crippen molar-refractivity contribution in [2.24, 2.45) is 11.5 Å². The molecule has 0 fully saturated rings. The van der Waals surface area contributed by atoms with Crippen molar-refractivity contribution in [3.63, 3.8) is 0 Å². The molecule has 0 aliphatic carbocycles. The predicted molar refractivity (Wildman–Crippen MR) is 70.2 cm³/mol. The molecular weight excluding hydrogens is 271 g/mol. The van der Waals surface area contributed by atoms with Crippen molar-refractivity contribution in [3.8, 4) is 0 Å². The number of amides is 1. The topological polar surface area (TPSA) is 72.3 Å². The number of carbonyl (C=O) groups excluding carboxylic acids is 1. The summed E-state index contributed by atoms with van der Waals surface area (Å²) in [5.41, 5.74) is 12.4. The molecule has 1 aliphatic heterocycles. The van der Waals surface area contributed by atoms with E-state index in [1.54, 1.807) is 18.2 Å². The maximum absolute atomic E-state index is 12.0. The fraction of sp³-hybridized carbons (Fsp3) is 0.462. The third kappa shape index (κ3) is 5.38. The minimum atomic E-state index is -4.30. The van der Waals surface area contributed by atoms with E-state index in [0.29, 0.717) is 18.7 Å². The van der Waals surface area contributed by atoms with Gasteiger partial charge in [0, 0.05) is 25.2 Å². The van der Waals surface area contributed by atoms with Crippen molar-refractivity contribution in [2.45, 2.75) is 25.4 Å². The van der Waals surface area contributed by atoms with Crippen LogP contribution in [0.3, 0.4) is 0 Å². The van der Waals surface area contributed by atoms with E-state index >= 15 is 0 Å². The lowest BCUT2D eigenvalue weighted by molar-refractivity contribution is -0.148. The van der Waals surface area contributed by atoms with Crippen molar-refractivity contribution < 1.29 is 18.0 Å². The maximum atomic E-state index is 12.0. The van der Waals surface area contributed by atoms with Crippen LogP contribution >= 0.6 is 0 Å². The zero-order valence-corrected chi connectivity index (χ0v) is 11.0. The van der Waals surface area contributed by atoms with Gasteiger partial charge in [0.25, 0.3) is 0 Å². The summed E-state index contributed by atoms with van der Waals surface area (Å²) in [5.74, 6) is -0.484. The lowest BCUT2D eigenvalue weighted by atomic mass is 10.0. The molecule has 1 rings (SSSR count). The molecule has 0 aromatic carbocycles. The van der Waals surface area contributed by atoms with Crippen LogP contribution in [0.2, 0.25) is 0 Å². The molecule has 0 saturated carbocycles. The fourth-order valence-electron chi connectivity index (χ4n) is 1.83. The normalized spacial score (nSPS) is 17.4. The summed E-state index contributed by atoms with van der Waals surface area (Å²) < 4.78 is 36.1. The Bertz CT molecular complexity index is 439. The highest BCUT2D eigenvalue weighted by Crippen LogP contribution is 2.23. The minimum Gasteiger partial charge on any atom is -0.405 e. The van der Waals surface area contributed by atoms with Crippen LogP contribution in [-0.4, -0.2) is 30.1 Å². The van der Waals surface area contributed by atoms with E-state index in [2.05, 4.69) is 0 Å². The van der Waals surface area contributed by atoms with Gasteiger partial charge >= 0.3 is 6.18 Å². The Kier molecular flexibility index (Phi) is 5.66. The van der Waals surface area contributed by atoms with Gasteiger partial charge in [-0.1, -0.05) is 6.08 Å². The Morgan fingerprint density at radius 3 is 2.65 bits per heavy atom. The summed E-state index contributed by atoms with van der Waals surface area (Å²) in [7, 11) is 0. The van der Waals surface area contributed by atoms with Crippen LogP contribution in [0.15, 0.2) is 35.7 Å². The summed E-state index contributed by atoms with van der Waals surface area (Å²) in [5, 5.41) is 0. The molecule has 1 aliphatic rings. The number of halogens is 3. The Hall–Kier alpha value is -1.92. The third-order valence-corrected chi connectivity index (χ3v) is 2.94. The molecule has 1 amide bonds. The van der Waals surface area contributed by atoms with Crippen LogP contribution in [0.1, 0.15) is 19.3 Å². The van der Waals surface area contributed by atoms with Gasteiger partial charge in [-0.2, -0.15) is 13.2 Å². The quantitative estimate of drug-likeness (QED) is 0.775. The highest BCUT2D eigenvalue weighted by molar-refractivity contribution is 5.76. The van der Waals surface area contributed by atoms with Crippen molar-refractivity contribution in [1.29, 1.82) is 0 Å². The monoisotopic (exact) mass is 289 g/mol. The number of hydrogen-bond acceptors (Lipinski definition) is 3. The summed E-state index contributed by atoms with van der Waals surface area (Å²) >= 11 is 0. The average Bonchev–Trinajstić information content (AvgIpc) is 2.41. The largest absolute Gasteiger partial charge is 0.405 e. The van der Waals surface area contributed by atoms with Gasteiger partial charge in [-0.25, -0.2) is 0 Å². The summed E-state index contributed by atoms with van der Waals surface area (Å²) in [6, 6.07) is 0. The van der Waals surface area contributed by atoms with E-state index < -0.39 is 24.9 Å². The van der Waals surface area contributed by atoms with Crippen LogP contribution in [0.25, 0.3) is 0 Å². The van der Waals surface area contributed by atoms with Crippen molar-refractivity contribution >= 4 is 5.91 Å². The van der Waals surface area contributed by atoms with Crippen molar-refractivity contribution in [3.05, 3.63) is 35.7 Å². The number of rotatable bonds is 4. The molecule has 112 valence electrons. The smallest absolute Gasteiger partial charge is 0.389 e. The number of nitrogens with two attached hydrogens (primary N) is 2. The standard InChI is InChI=1S/C13H18F3N3O/c14-13(15,16)6-3-12(20)19-8-4-10(5-9-19)11(18)2-1-7-17/h1-2,4,7H,3,5-6,8-9,17-18H2/b7-1-,11-2-. The third-order valence-electron chi connectivity index (χ3n) is 2.94. The molecule has 0 bridgehead atoms. The summed E-state index contributed by atoms with van der Waals surface area (Å²) in [6.07, 6.45) is 0.987. The number of alkyl halides is 3. The van der Waals surface area contributed by atoms with Crippen LogP contribution < -0.4 is 11.5 Å². The van der Waals surface area contributed by atoms with Gasteiger partial charge in [0.2, 0.25) is 5.91 Å². The van der Waals surface area contributed by atoms with Crippen LogP contribution in [-0.2, 0) is 4.79 Å². The number of nitrogens with zero attached hydrogens (tertiary/aromatic N) is 1. The first kappa shape index (κ1) is 16.1. The lowest BCUT2D eigenvalue weighted by Gasteiger charge is -2.27. The highest BCUT2D eigenvalue weighted by Gasteiger charge is 2.29. The molecule has 0 atom stereocenters. The molecule has 0 aromatic rings. The van der Waals surface area contributed by atoms with Crippen molar-refractivity contribution in [2.75, 3.05) is 13.1 Å². The number of carbonyl (C=O) groups is 1.